The Bertz CT molecular complexity index is 211. The van der Waals surface area contributed by atoms with Gasteiger partial charge in [-0.2, -0.15) is 11.8 Å². The SMILES string of the molecule is COC(=O)CN(C)C(=O)C(N)CSC. The predicted octanol–water partition coefficient (Wildman–Crippen LogP) is -0.692. The molecule has 2 N–H and O–H groups in total. The lowest BCUT2D eigenvalue weighted by Crippen LogP contribution is -2.45. The molecule has 82 valence electrons. The summed E-state index contributed by atoms with van der Waals surface area (Å²) < 4.78 is 4.43. The Kier molecular flexibility index (Phi) is 6.31. The summed E-state index contributed by atoms with van der Waals surface area (Å²) in [5.41, 5.74) is 5.58. The van der Waals surface area contributed by atoms with Crippen molar-refractivity contribution in [1.29, 1.82) is 0 Å². The van der Waals surface area contributed by atoms with Crippen LogP contribution in [0.3, 0.4) is 0 Å². The van der Waals surface area contributed by atoms with E-state index >= 15 is 0 Å². The van der Waals surface area contributed by atoms with Crippen molar-refractivity contribution >= 4 is 23.6 Å². The molecule has 0 aliphatic heterocycles. The molecule has 0 saturated heterocycles. The van der Waals surface area contributed by atoms with Gasteiger partial charge in [0.15, 0.2) is 0 Å². The molecule has 0 spiro atoms. The standard InChI is InChI=1S/C8H16N2O3S/c1-10(4-7(11)13-2)8(12)6(9)5-14-3/h6H,4-5,9H2,1-3H3. The van der Waals surface area contributed by atoms with E-state index in [9.17, 15) is 9.59 Å². The van der Waals surface area contributed by atoms with Crippen LogP contribution in [-0.2, 0) is 14.3 Å². The van der Waals surface area contributed by atoms with E-state index in [0.717, 1.165) is 0 Å². The molecular weight excluding hydrogens is 204 g/mol. The molecule has 1 amide bonds. The van der Waals surface area contributed by atoms with Gasteiger partial charge < -0.3 is 15.4 Å². The Hall–Kier alpha value is -0.750. The number of thioether (sulfide) groups is 1. The molecule has 0 radical (unpaired) electrons. The highest BCUT2D eigenvalue weighted by Gasteiger charge is 2.19. The number of hydrogen-bond acceptors (Lipinski definition) is 5. The zero-order valence-electron chi connectivity index (χ0n) is 8.65. The zero-order chi connectivity index (χ0) is 11.1. The monoisotopic (exact) mass is 220 g/mol. The smallest absolute Gasteiger partial charge is 0.325 e. The predicted molar refractivity (Wildman–Crippen MR) is 56.0 cm³/mol. The molecule has 0 bridgehead atoms. The summed E-state index contributed by atoms with van der Waals surface area (Å²) in [6.45, 7) is -0.0581. The maximum atomic E-state index is 11.5. The minimum Gasteiger partial charge on any atom is -0.468 e. The average molecular weight is 220 g/mol. The van der Waals surface area contributed by atoms with Gasteiger partial charge in [-0.15, -0.1) is 0 Å². The minimum absolute atomic E-state index is 0.0581. The molecule has 0 heterocycles. The van der Waals surface area contributed by atoms with Crippen LogP contribution in [0.4, 0.5) is 0 Å². The van der Waals surface area contributed by atoms with Crippen molar-refractivity contribution < 1.29 is 14.3 Å². The van der Waals surface area contributed by atoms with Crippen LogP contribution >= 0.6 is 11.8 Å². The van der Waals surface area contributed by atoms with Gasteiger partial charge in [0.2, 0.25) is 5.91 Å². The number of ether oxygens (including phenoxy) is 1. The van der Waals surface area contributed by atoms with Crippen LogP contribution < -0.4 is 5.73 Å². The molecule has 5 nitrogen and oxygen atoms in total. The van der Waals surface area contributed by atoms with Gasteiger partial charge in [-0.3, -0.25) is 9.59 Å². The molecule has 0 aliphatic rings. The zero-order valence-corrected chi connectivity index (χ0v) is 9.47. The summed E-state index contributed by atoms with van der Waals surface area (Å²) in [6, 6.07) is -0.556. The van der Waals surface area contributed by atoms with Gasteiger partial charge in [0.25, 0.3) is 0 Å². The van der Waals surface area contributed by atoms with E-state index in [4.69, 9.17) is 5.73 Å². The van der Waals surface area contributed by atoms with Crippen LogP contribution in [0.15, 0.2) is 0 Å². The Morgan fingerprint density at radius 3 is 2.57 bits per heavy atom. The lowest BCUT2D eigenvalue weighted by atomic mass is 10.3. The first-order valence-electron chi connectivity index (χ1n) is 4.09. The first kappa shape index (κ1) is 13.2. The molecule has 6 heteroatoms. The van der Waals surface area contributed by atoms with Crippen LogP contribution in [0.1, 0.15) is 0 Å². The fraction of sp³-hybridized carbons (Fsp3) is 0.750. The number of carbonyl (C=O) groups excluding carboxylic acids is 2. The fourth-order valence-corrected chi connectivity index (χ4v) is 1.37. The number of rotatable bonds is 5. The van der Waals surface area contributed by atoms with E-state index in [-0.39, 0.29) is 12.5 Å². The molecule has 0 aliphatic carbocycles. The Labute approximate surface area is 88.0 Å². The molecule has 1 atom stereocenters. The van der Waals surface area contributed by atoms with E-state index < -0.39 is 12.0 Å². The van der Waals surface area contributed by atoms with Gasteiger partial charge >= 0.3 is 5.97 Å². The number of nitrogens with two attached hydrogens (primary N) is 1. The Balaban J connectivity index is 4.04. The van der Waals surface area contributed by atoms with Gasteiger partial charge in [0.1, 0.15) is 6.54 Å². The number of nitrogens with zero attached hydrogens (tertiary/aromatic N) is 1. The van der Waals surface area contributed by atoms with Crippen molar-refractivity contribution in [2.75, 3.05) is 32.7 Å². The highest BCUT2D eigenvalue weighted by molar-refractivity contribution is 7.98. The molecule has 14 heavy (non-hydrogen) atoms. The molecule has 0 aromatic heterocycles. The number of hydrogen-bond donors (Lipinski definition) is 1. The first-order valence-corrected chi connectivity index (χ1v) is 5.48. The van der Waals surface area contributed by atoms with E-state index in [1.165, 1.54) is 30.8 Å². The van der Waals surface area contributed by atoms with Crippen molar-refractivity contribution in [1.82, 2.24) is 4.90 Å². The molecule has 0 aromatic rings. The Morgan fingerprint density at radius 1 is 1.57 bits per heavy atom. The van der Waals surface area contributed by atoms with Gasteiger partial charge in [-0.25, -0.2) is 0 Å². The number of carbonyl (C=O) groups is 2. The maximum Gasteiger partial charge on any atom is 0.325 e. The molecule has 1 unspecified atom stereocenters. The first-order chi connectivity index (χ1) is 6.52. The largest absolute Gasteiger partial charge is 0.468 e. The van der Waals surface area contributed by atoms with Gasteiger partial charge in [-0.1, -0.05) is 0 Å². The minimum atomic E-state index is -0.556. The van der Waals surface area contributed by atoms with Crippen molar-refractivity contribution in [3.05, 3.63) is 0 Å². The number of esters is 1. The average Bonchev–Trinajstić information content (AvgIpc) is 2.16. The second-order valence-electron chi connectivity index (χ2n) is 2.83. The van der Waals surface area contributed by atoms with Crippen LogP contribution in [0.5, 0.6) is 0 Å². The molecule has 0 aromatic carbocycles. The molecule has 0 rings (SSSR count). The normalized spacial score (nSPS) is 12.0. The maximum absolute atomic E-state index is 11.5. The van der Waals surface area contributed by atoms with E-state index in [2.05, 4.69) is 4.74 Å². The van der Waals surface area contributed by atoms with Crippen molar-refractivity contribution in [2.24, 2.45) is 5.73 Å². The Morgan fingerprint density at radius 2 is 2.14 bits per heavy atom. The molecular formula is C8H16N2O3S. The summed E-state index contributed by atoms with van der Waals surface area (Å²) in [6.07, 6.45) is 1.87. The fourth-order valence-electron chi connectivity index (χ4n) is 0.870. The van der Waals surface area contributed by atoms with Crippen molar-refractivity contribution in [2.45, 2.75) is 6.04 Å². The second-order valence-corrected chi connectivity index (χ2v) is 3.74. The van der Waals surface area contributed by atoms with Crippen LogP contribution in [0.2, 0.25) is 0 Å². The summed E-state index contributed by atoms with van der Waals surface area (Å²) >= 11 is 1.49. The quantitative estimate of drug-likeness (QED) is 0.621. The van der Waals surface area contributed by atoms with E-state index in [1.807, 2.05) is 6.26 Å². The third-order valence-electron chi connectivity index (χ3n) is 1.63. The summed E-state index contributed by atoms with van der Waals surface area (Å²) in [5, 5.41) is 0. The van der Waals surface area contributed by atoms with E-state index in [1.54, 1.807) is 0 Å². The highest BCUT2D eigenvalue weighted by Crippen LogP contribution is 1.98. The van der Waals surface area contributed by atoms with Crippen LogP contribution in [-0.4, -0.2) is 55.5 Å². The third-order valence-corrected chi connectivity index (χ3v) is 2.33. The third kappa shape index (κ3) is 4.48. The van der Waals surface area contributed by atoms with E-state index in [0.29, 0.717) is 5.75 Å². The topological polar surface area (TPSA) is 72.6 Å². The lowest BCUT2D eigenvalue weighted by molar-refractivity contribution is -0.146. The van der Waals surface area contributed by atoms with Crippen LogP contribution in [0, 0.1) is 0 Å². The number of methoxy groups -OCH3 is 1. The highest BCUT2D eigenvalue weighted by atomic mass is 32.2. The van der Waals surface area contributed by atoms with Gasteiger partial charge in [0.05, 0.1) is 13.2 Å². The van der Waals surface area contributed by atoms with Crippen LogP contribution in [0.25, 0.3) is 0 Å². The second kappa shape index (κ2) is 6.67. The summed E-state index contributed by atoms with van der Waals surface area (Å²) in [7, 11) is 2.81. The molecule has 0 saturated carbocycles. The number of amides is 1. The lowest BCUT2D eigenvalue weighted by Gasteiger charge is -2.19. The van der Waals surface area contributed by atoms with Gasteiger partial charge in [0, 0.05) is 12.8 Å². The number of likely N-dealkylation sites (N-methyl/N-ethyl adjacent to an activating group) is 1. The van der Waals surface area contributed by atoms with Crippen molar-refractivity contribution in [3.8, 4) is 0 Å². The summed E-state index contributed by atoms with van der Waals surface area (Å²) in [5.74, 6) is -0.147. The summed E-state index contributed by atoms with van der Waals surface area (Å²) in [4.78, 5) is 23.6. The van der Waals surface area contributed by atoms with Crippen molar-refractivity contribution in [3.63, 3.8) is 0 Å². The van der Waals surface area contributed by atoms with Gasteiger partial charge in [-0.05, 0) is 6.26 Å². The molecule has 0 fully saturated rings.